The average molecular weight is 404 g/mol. The quantitative estimate of drug-likeness (QED) is 0.802. The third-order valence-corrected chi connectivity index (χ3v) is 6.37. The predicted molar refractivity (Wildman–Crippen MR) is 104 cm³/mol. The highest BCUT2D eigenvalue weighted by Crippen LogP contribution is 2.31. The molecule has 0 aromatic heterocycles. The Kier molecular flexibility index (Phi) is 5.79. The van der Waals surface area contributed by atoms with E-state index in [1.165, 1.54) is 24.3 Å². The Morgan fingerprint density at radius 3 is 2.64 bits per heavy atom. The maximum Gasteiger partial charge on any atom is 0.226 e. The summed E-state index contributed by atoms with van der Waals surface area (Å²) in [5.74, 6) is -1.54. The van der Waals surface area contributed by atoms with Gasteiger partial charge in [-0.15, -0.1) is 0 Å². The van der Waals surface area contributed by atoms with Crippen molar-refractivity contribution in [2.75, 3.05) is 22.5 Å². The molecule has 0 radical (unpaired) electrons. The molecule has 0 fully saturated rings. The molecule has 0 atom stereocenters. The van der Waals surface area contributed by atoms with Crippen LogP contribution >= 0.6 is 0 Å². The number of para-hydroxylation sites is 1. The fourth-order valence-corrected chi connectivity index (χ4v) is 4.43. The van der Waals surface area contributed by atoms with Crippen molar-refractivity contribution >= 4 is 33.0 Å². The molecular formula is C20H21FN2O4S. The average Bonchev–Trinajstić information content (AvgIpc) is 3.11. The van der Waals surface area contributed by atoms with Crippen molar-refractivity contribution in [2.24, 2.45) is 0 Å². The number of hydrogen-bond acceptors (Lipinski definition) is 4. The summed E-state index contributed by atoms with van der Waals surface area (Å²) in [7, 11) is -3.68. The minimum Gasteiger partial charge on any atom is -0.324 e. The van der Waals surface area contributed by atoms with E-state index in [-0.39, 0.29) is 28.7 Å². The van der Waals surface area contributed by atoms with Gasteiger partial charge in [0.2, 0.25) is 11.8 Å². The fourth-order valence-electron chi connectivity index (χ4n) is 3.14. The Hall–Kier alpha value is -2.74. The fraction of sp³-hybridized carbons (Fsp3) is 0.300. The molecule has 1 aliphatic rings. The van der Waals surface area contributed by atoms with Gasteiger partial charge in [0.1, 0.15) is 5.82 Å². The third kappa shape index (κ3) is 4.22. The van der Waals surface area contributed by atoms with Gasteiger partial charge in [0, 0.05) is 25.1 Å². The first-order chi connectivity index (χ1) is 13.3. The lowest BCUT2D eigenvalue weighted by molar-refractivity contribution is -0.118. The molecular weight excluding hydrogens is 383 g/mol. The number of halogens is 1. The molecule has 0 unspecified atom stereocenters. The van der Waals surface area contributed by atoms with Crippen LogP contribution in [0.5, 0.6) is 0 Å². The minimum absolute atomic E-state index is 0.000766. The predicted octanol–water partition coefficient (Wildman–Crippen LogP) is 2.93. The molecule has 0 saturated carbocycles. The Morgan fingerprint density at radius 1 is 1.18 bits per heavy atom. The highest BCUT2D eigenvalue weighted by Gasteiger charge is 2.26. The van der Waals surface area contributed by atoms with E-state index in [4.69, 9.17) is 0 Å². The number of benzene rings is 2. The first-order valence-corrected chi connectivity index (χ1v) is 10.7. The summed E-state index contributed by atoms with van der Waals surface area (Å²) >= 11 is 0. The molecule has 0 bridgehead atoms. The van der Waals surface area contributed by atoms with Gasteiger partial charge in [0.25, 0.3) is 0 Å². The minimum atomic E-state index is -3.68. The van der Waals surface area contributed by atoms with Crippen molar-refractivity contribution in [2.45, 2.75) is 31.1 Å². The smallest absolute Gasteiger partial charge is 0.226 e. The van der Waals surface area contributed by atoms with Crippen LogP contribution in [-0.4, -0.2) is 32.5 Å². The molecule has 1 N–H and O–H groups in total. The van der Waals surface area contributed by atoms with Crippen molar-refractivity contribution in [3.8, 4) is 0 Å². The van der Waals surface area contributed by atoms with E-state index in [1.54, 1.807) is 30.0 Å². The molecule has 0 saturated heterocycles. The second kappa shape index (κ2) is 8.10. The lowest BCUT2D eigenvalue weighted by atomic mass is 10.2. The summed E-state index contributed by atoms with van der Waals surface area (Å²) in [5.41, 5.74) is 1.56. The number of nitrogens with zero attached hydrogens (tertiary/aromatic N) is 1. The Bertz CT molecular complexity index is 1020. The zero-order chi connectivity index (χ0) is 20.3. The largest absolute Gasteiger partial charge is 0.324 e. The molecule has 8 heteroatoms. The van der Waals surface area contributed by atoms with Gasteiger partial charge in [0.15, 0.2) is 9.84 Å². The molecule has 28 heavy (non-hydrogen) atoms. The van der Waals surface area contributed by atoms with E-state index < -0.39 is 21.6 Å². The number of sulfone groups is 1. The number of anilines is 2. The first-order valence-electron chi connectivity index (χ1n) is 9.02. The topological polar surface area (TPSA) is 83.6 Å². The van der Waals surface area contributed by atoms with Crippen molar-refractivity contribution in [1.29, 1.82) is 0 Å². The Labute approximate surface area is 163 Å². The van der Waals surface area contributed by atoms with E-state index in [2.05, 4.69) is 5.32 Å². The summed E-state index contributed by atoms with van der Waals surface area (Å²) in [4.78, 5) is 25.7. The number of carbonyl (C=O) groups excluding carboxylic acids is 2. The van der Waals surface area contributed by atoms with Gasteiger partial charge in [0.05, 0.1) is 16.3 Å². The number of amides is 2. The highest BCUT2D eigenvalue weighted by atomic mass is 32.2. The SMILES string of the molecule is CCC(=O)N1CCc2cc(S(=O)(=O)CCC(=O)Nc3ccccc3F)ccc21. The molecule has 1 aliphatic heterocycles. The van der Waals surface area contributed by atoms with Crippen LogP contribution in [0.15, 0.2) is 47.4 Å². The van der Waals surface area contributed by atoms with Crippen molar-refractivity contribution in [3.63, 3.8) is 0 Å². The van der Waals surface area contributed by atoms with Crippen molar-refractivity contribution in [1.82, 2.24) is 0 Å². The van der Waals surface area contributed by atoms with Crippen molar-refractivity contribution in [3.05, 3.63) is 53.8 Å². The molecule has 6 nitrogen and oxygen atoms in total. The molecule has 2 aromatic rings. The lowest BCUT2D eigenvalue weighted by Gasteiger charge is -2.16. The van der Waals surface area contributed by atoms with Crippen LogP contribution in [0.25, 0.3) is 0 Å². The maximum atomic E-state index is 13.6. The van der Waals surface area contributed by atoms with Gasteiger partial charge >= 0.3 is 0 Å². The molecule has 2 amide bonds. The van der Waals surface area contributed by atoms with E-state index in [0.717, 1.165) is 11.3 Å². The number of nitrogens with one attached hydrogen (secondary N) is 1. The van der Waals surface area contributed by atoms with Crippen LogP contribution in [0.3, 0.4) is 0 Å². The van der Waals surface area contributed by atoms with Crippen LogP contribution in [0.2, 0.25) is 0 Å². The number of carbonyl (C=O) groups is 2. The summed E-state index contributed by atoms with van der Waals surface area (Å²) in [6.45, 7) is 2.32. The monoisotopic (exact) mass is 404 g/mol. The molecule has 0 spiro atoms. The second-order valence-electron chi connectivity index (χ2n) is 6.54. The highest BCUT2D eigenvalue weighted by molar-refractivity contribution is 7.91. The van der Waals surface area contributed by atoms with E-state index >= 15 is 0 Å². The summed E-state index contributed by atoms with van der Waals surface area (Å²) in [6, 6.07) is 10.4. The Balaban J connectivity index is 1.68. The summed E-state index contributed by atoms with van der Waals surface area (Å²) in [6.07, 6.45) is 0.697. The molecule has 0 aliphatic carbocycles. The standard InChI is InChI=1S/C20H21FN2O4S/c1-2-20(25)23-11-9-14-13-15(7-8-18(14)23)28(26,27)12-10-19(24)22-17-6-4-3-5-16(17)21/h3-8,13H,2,9-12H2,1H3,(H,22,24). The molecule has 148 valence electrons. The van der Waals surface area contributed by atoms with Gasteiger partial charge < -0.3 is 10.2 Å². The van der Waals surface area contributed by atoms with Crippen LogP contribution in [0, 0.1) is 5.82 Å². The number of hydrogen-bond donors (Lipinski definition) is 1. The van der Waals surface area contributed by atoms with E-state index in [1.807, 2.05) is 0 Å². The van der Waals surface area contributed by atoms with Crippen molar-refractivity contribution < 1.29 is 22.4 Å². The van der Waals surface area contributed by atoms with Crippen LogP contribution in [0.1, 0.15) is 25.3 Å². The van der Waals surface area contributed by atoms with Crippen LogP contribution < -0.4 is 10.2 Å². The van der Waals surface area contributed by atoms with Crippen LogP contribution in [-0.2, 0) is 25.8 Å². The number of fused-ring (bicyclic) bond motifs is 1. The maximum absolute atomic E-state index is 13.6. The lowest BCUT2D eigenvalue weighted by Crippen LogP contribution is -2.27. The zero-order valence-electron chi connectivity index (χ0n) is 15.4. The molecule has 1 heterocycles. The summed E-state index contributed by atoms with van der Waals surface area (Å²) < 4.78 is 38.8. The summed E-state index contributed by atoms with van der Waals surface area (Å²) in [5, 5.41) is 2.38. The molecule has 3 rings (SSSR count). The van der Waals surface area contributed by atoms with Gasteiger partial charge in [-0.1, -0.05) is 19.1 Å². The van der Waals surface area contributed by atoms with E-state index in [0.29, 0.717) is 19.4 Å². The third-order valence-electron chi connectivity index (χ3n) is 4.65. The van der Waals surface area contributed by atoms with E-state index in [9.17, 15) is 22.4 Å². The molecule has 2 aromatic carbocycles. The Morgan fingerprint density at radius 2 is 1.93 bits per heavy atom. The number of rotatable bonds is 6. The van der Waals surface area contributed by atoms with Gasteiger partial charge in [-0.05, 0) is 42.3 Å². The second-order valence-corrected chi connectivity index (χ2v) is 8.65. The first kappa shape index (κ1) is 20.0. The normalized spacial score (nSPS) is 13.3. The van der Waals surface area contributed by atoms with Gasteiger partial charge in [-0.2, -0.15) is 0 Å². The van der Waals surface area contributed by atoms with Crippen LogP contribution in [0.4, 0.5) is 15.8 Å². The van der Waals surface area contributed by atoms with Gasteiger partial charge in [-0.25, -0.2) is 12.8 Å². The van der Waals surface area contributed by atoms with Gasteiger partial charge in [-0.3, -0.25) is 9.59 Å². The zero-order valence-corrected chi connectivity index (χ0v) is 16.3.